The molecule has 1 aromatic carbocycles. The molecule has 0 aliphatic carbocycles. The van der Waals surface area contributed by atoms with Gasteiger partial charge in [0.05, 0.1) is 0 Å². The lowest BCUT2D eigenvalue weighted by molar-refractivity contribution is 0.0686. The quantitative estimate of drug-likeness (QED) is 0.914. The first-order chi connectivity index (χ1) is 9.08. The molecule has 0 unspecified atom stereocenters. The summed E-state index contributed by atoms with van der Waals surface area (Å²) in [6, 6.07) is 3.09. The molecule has 19 heavy (non-hydrogen) atoms. The summed E-state index contributed by atoms with van der Waals surface area (Å²) in [5.41, 5.74) is 1.39. The van der Waals surface area contributed by atoms with Crippen LogP contribution in [0.3, 0.4) is 0 Å². The van der Waals surface area contributed by atoms with Crippen LogP contribution >= 0.6 is 15.9 Å². The molecule has 2 aromatic rings. The molecule has 2 heterocycles. The summed E-state index contributed by atoms with van der Waals surface area (Å²) in [4.78, 5) is 10.8. The van der Waals surface area contributed by atoms with Crippen molar-refractivity contribution in [3.63, 3.8) is 0 Å². The molecule has 1 aliphatic heterocycles. The van der Waals surface area contributed by atoms with Crippen molar-refractivity contribution in [1.29, 1.82) is 0 Å². The number of aromatic carboxylic acids is 1. The highest BCUT2D eigenvalue weighted by molar-refractivity contribution is 9.10. The Labute approximate surface area is 116 Å². The number of carbonyl (C=O) groups is 1. The van der Waals surface area contributed by atoms with Crippen LogP contribution in [0.5, 0.6) is 11.5 Å². The highest BCUT2D eigenvalue weighted by Crippen LogP contribution is 2.44. The second kappa shape index (κ2) is 4.27. The fourth-order valence-corrected chi connectivity index (χ4v) is 2.36. The van der Waals surface area contributed by atoms with Crippen molar-refractivity contribution in [2.24, 2.45) is 0 Å². The first-order valence-electron chi connectivity index (χ1n) is 5.37. The highest BCUT2D eigenvalue weighted by atomic mass is 79.9. The minimum Gasteiger partial charge on any atom is -0.476 e. The Morgan fingerprint density at radius 2 is 2.21 bits per heavy atom. The number of nitrogens with zero attached hydrogens (tertiary/aromatic N) is 1. The summed E-state index contributed by atoms with van der Waals surface area (Å²) < 4.78 is 16.5. The molecule has 0 fully saturated rings. The molecule has 0 saturated heterocycles. The van der Waals surface area contributed by atoms with Gasteiger partial charge in [0, 0.05) is 21.7 Å². The lowest BCUT2D eigenvalue weighted by atomic mass is 10.1. The Morgan fingerprint density at radius 1 is 1.42 bits per heavy atom. The van der Waals surface area contributed by atoms with E-state index in [1.165, 1.54) is 6.07 Å². The third-order valence-electron chi connectivity index (χ3n) is 2.82. The standard InChI is InChI=1S/C12H8BrNO5/c1-5-10(13)6(2-9-11(5)18-4-17-9)8-3-7(12(15)16)14-19-8/h2-3H,4H2,1H3,(H,15,16). The molecular formula is C12H8BrNO5. The number of hydrogen-bond donors (Lipinski definition) is 1. The van der Waals surface area contributed by atoms with Crippen LogP contribution in [0.2, 0.25) is 0 Å². The van der Waals surface area contributed by atoms with Gasteiger partial charge < -0.3 is 19.1 Å². The zero-order valence-corrected chi connectivity index (χ0v) is 11.4. The Kier molecular flexibility index (Phi) is 2.70. The highest BCUT2D eigenvalue weighted by Gasteiger charge is 2.23. The van der Waals surface area contributed by atoms with Gasteiger partial charge in [0.2, 0.25) is 6.79 Å². The zero-order chi connectivity index (χ0) is 13.6. The van der Waals surface area contributed by atoms with Crippen molar-refractivity contribution < 1.29 is 23.9 Å². The van der Waals surface area contributed by atoms with Crippen molar-refractivity contribution in [1.82, 2.24) is 5.16 Å². The van der Waals surface area contributed by atoms with Gasteiger partial charge in [-0.1, -0.05) is 5.16 Å². The second-order valence-electron chi connectivity index (χ2n) is 3.98. The Hall–Kier alpha value is -2.02. The molecule has 1 aromatic heterocycles. The largest absolute Gasteiger partial charge is 0.476 e. The number of carboxylic acid groups (broad SMARTS) is 1. The predicted octanol–water partition coefficient (Wildman–Crippen LogP) is 2.84. The van der Waals surface area contributed by atoms with Crippen molar-refractivity contribution in [2.45, 2.75) is 6.92 Å². The van der Waals surface area contributed by atoms with Crippen molar-refractivity contribution in [2.75, 3.05) is 6.79 Å². The van der Waals surface area contributed by atoms with E-state index in [4.69, 9.17) is 19.1 Å². The van der Waals surface area contributed by atoms with E-state index >= 15 is 0 Å². The molecular weight excluding hydrogens is 318 g/mol. The van der Waals surface area contributed by atoms with Crippen molar-refractivity contribution in [3.8, 4) is 22.8 Å². The van der Waals surface area contributed by atoms with E-state index in [9.17, 15) is 4.79 Å². The molecule has 0 atom stereocenters. The van der Waals surface area contributed by atoms with E-state index in [-0.39, 0.29) is 12.5 Å². The van der Waals surface area contributed by atoms with Crippen LogP contribution in [0.15, 0.2) is 21.1 Å². The van der Waals surface area contributed by atoms with E-state index < -0.39 is 5.97 Å². The summed E-state index contributed by atoms with van der Waals surface area (Å²) in [6.45, 7) is 2.04. The van der Waals surface area contributed by atoms with Gasteiger partial charge in [-0.2, -0.15) is 0 Å². The average Bonchev–Trinajstić information content (AvgIpc) is 3.01. The Bertz CT molecular complexity index is 679. The van der Waals surface area contributed by atoms with Crippen LogP contribution in [-0.4, -0.2) is 23.0 Å². The Balaban J connectivity index is 2.14. The molecule has 0 bridgehead atoms. The van der Waals surface area contributed by atoms with Crippen LogP contribution in [0.4, 0.5) is 0 Å². The molecule has 1 aliphatic rings. The van der Waals surface area contributed by atoms with E-state index in [2.05, 4.69) is 21.1 Å². The summed E-state index contributed by atoms with van der Waals surface area (Å²) in [5.74, 6) is 0.492. The van der Waals surface area contributed by atoms with Crippen LogP contribution < -0.4 is 9.47 Å². The third-order valence-corrected chi connectivity index (χ3v) is 3.84. The minimum atomic E-state index is -1.14. The van der Waals surface area contributed by atoms with Gasteiger partial charge in [0.1, 0.15) is 0 Å². The lowest BCUT2D eigenvalue weighted by Gasteiger charge is -2.07. The first-order valence-corrected chi connectivity index (χ1v) is 6.16. The van der Waals surface area contributed by atoms with E-state index in [1.807, 2.05) is 6.92 Å². The number of fused-ring (bicyclic) bond motifs is 1. The number of rotatable bonds is 2. The summed E-state index contributed by atoms with van der Waals surface area (Å²) in [7, 11) is 0. The van der Waals surface area contributed by atoms with Gasteiger partial charge in [-0.3, -0.25) is 0 Å². The number of ether oxygens (including phenoxy) is 2. The molecule has 0 spiro atoms. The third kappa shape index (κ3) is 1.86. The van der Waals surface area contributed by atoms with E-state index in [1.54, 1.807) is 6.07 Å². The average molecular weight is 326 g/mol. The number of benzene rings is 1. The fourth-order valence-electron chi connectivity index (χ4n) is 1.87. The van der Waals surface area contributed by atoms with Crippen molar-refractivity contribution in [3.05, 3.63) is 27.9 Å². The van der Waals surface area contributed by atoms with Gasteiger partial charge in [-0.05, 0) is 28.9 Å². The maximum atomic E-state index is 10.8. The molecule has 0 radical (unpaired) electrons. The van der Waals surface area contributed by atoms with E-state index in [0.29, 0.717) is 22.8 Å². The topological polar surface area (TPSA) is 81.8 Å². The molecule has 3 rings (SSSR count). The summed E-state index contributed by atoms with van der Waals surface area (Å²) >= 11 is 3.45. The van der Waals surface area contributed by atoms with Crippen molar-refractivity contribution >= 4 is 21.9 Å². The van der Waals surface area contributed by atoms with Crippen LogP contribution in [0, 0.1) is 6.92 Å². The Morgan fingerprint density at radius 3 is 2.89 bits per heavy atom. The fraction of sp³-hybridized carbons (Fsp3) is 0.167. The van der Waals surface area contributed by atoms with Gasteiger partial charge in [-0.15, -0.1) is 0 Å². The van der Waals surface area contributed by atoms with Gasteiger partial charge >= 0.3 is 5.97 Å². The molecule has 98 valence electrons. The van der Waals surface area contributed by atoms with Gasteiger partial charge in [0.25, 0.3) is 0 Å². The van der Waals surface area contributed by atoms with Gasteiger partial charge in [0.15, 0.2) is 23.0 Å². The minimum absolute atomic E-state index is 0.141. The molecule has 0 saturated carbocycles. The van der Waals surface area contributed by atoms with Crippen LogP contribution in [0.25, 0.3) is 11.3 Å². The molecule has 6 nitrogen and oxygen atoms in total. The number of aromatic nitrogens is 1. The van der Waals surface area contributed by atoms with Crippen LogP contribution in [0.1, 0.15) is 16.1 Å². The SMILES string of the molecule is Cc1c(Br)c(-c2cc(C(=O)O)no2)cc2c1OCO2. The maximum absolute atomic E-state index is 10.8. The van der Waals surface area contributed by atoms with Gasteiger partial charge in [-0.25, -0.2) is 4.79 Å². The lowest BCUT2D eigenvalue weighted by Crippen LogP contribution is -1.94. The summed E-state index contributed by atoms with van der Waals surface area (Å²) in [5, 5.41) is 12.3. The first kappa shape index (κ1) is 12.0. The monoisotopic (exact) mass is 325 g/mol. The summed E-state index contributed by atoms with van der Waals surface area (Å²) in [6.07, 6.45) is 0. The molecule has 7 heteroatoms. The number of halogens is 1. The smallest absolute Gasteiger partial charge is 0.358 e. The molecule has 0 amide bonds. The zero-order valence-electron chi connectivity index (χ0n) is 9.77. The number of carboxylic acids is 1. The number of hydrogen-bond acceptors (Lipinski definition) is 5. The molecule has 1 N–H and O–H groups in total. The van der Waals surface area contributed by atoms with Crippen LogP contribution in [-0.2, 0) is 0 Å². The second-order valence-corrected chi connectivity index (χ2v) is 4.77. The maximum Gasteiger partial charge on any atom is 0.358 e. The predicted molar refractivity (Wildman–Crippen MR) is 67.5 cm³/mol. The normalized spacial score (nSPS) is 12.7. The van der Waals surface area contributed by atoms with E-state index in [0.717, 1.165) is 10.0 Å².